The first-order valence-corrected chi connectivity index (χ1v) is 7.85. The number of nitrogens with zero attached hydrogens (tertiary/aromatic N) is 4. The van der Waals surface area contributed by atoms with Crippen LogP contribution < -0.4 is 0 Å². The first-order chi connectivity index (χ1) is 11.9. The van der Waals surface area contributed by atoms with Gasteiger partial charge in [0.15, 0.2) is 0 Å². The van der Waals surface area contributed by atoms with Gasteiger partial charge in [-0.15, -0.1) is 67.9 Å². The molecule has 2 heterocycles. The number of halogens is 4. The molecule has 0 aliphatic rings. The Bertz CT molecular complexity index is 751. The predicted octanol–water partition coefficient (Wildman–Crippen LogP) is 6.67. The molecule has 0 saturated heterocycles. The molecule has 0 bridgehead atoms. The topological polar surface area (TPSA) is 50.5 Å². The fourth-order valence-corrected chi connectivity index (χ4v) is 2.15. The second kappa shape index (κ2) is 22.3. The van der Waals surface area contributed by atoms with Crippen LogP contribution in [0.5, 0.6) is 0 Å². The Labute approximate surface area is 247 Å². The van der Waals surface area contributed by atoms with Crippen LogP contribution in [-0.4, -0.2) is 22.4 Å². The minimum atomic E-state index is 0. The van der Waals surface area contributed by atoms with Gasteiger partial charge >= 0.3 is 0 Å². The molecule has 0 unspecified atom stereocenters. The summed E-state index contributed by atoms with van der Waals surface area (Å²) in [6.45, 7) is 0. The maximum atomic E-state index is 4.44. The predicted molar refractivity (Wildman–Crippen MR) is 140 cm³/mol. The molecule has 3 rings (SSSR count). The molecule has 30 heavy (non-hydrogen) atoms. The van der Waals surface area contributed by atoms with E-state index in [0.29, 0.717) is 0 Å². The first-order valence-electron chi connectivity index (χ1n) is 7.85. The molecule has 4 nitrogen and oxygen atoms in total. The average molecular weight is 851 g/mol. The van der Waals surface area contributed by atoms with Crippen molar-refractivity contribution in [2.24, 2.45) is 9.98 Å². The molecular weight excluding hydrogens is 829 g/mol. The quantitative estimate of drug-likeness (QED) is 0.206. The molecule has 0 spiro atoms. The van der Waals surface area contributed by atoms with E-state index in [4.69, 9.17) is 0 Å². The number of aromatic nitrogens is 2. The third-order valence-electron chi connectivity index (χ3n) is 3.38. The Kier molecular flexibility index (Phi) is 27.8. The van der Waals surface area contributed by atoms with Crippen molar-refractivity contribution in [1.29, 1.82) is 0 Å². The van der Waals surface area contributed by atoms with Crippen LogP contribution in [0.15, 0.2) is 83.0 Å². The second-order valence-corrected chi connectivity index (χ2v) is 5.19. The molecule has 2 aromatic heterocycles. The molecule has 0 N–H and O–H groups in total. The number of pyridine rings is 2. The smallest absolute Gasteiger partial charge is 0.0627 e. The molecule has 170 valence electrons. The van der Waals surface area contributed by atoms with E-state index in [1.54, 1.807) is 12.4 Å². The van der Waals surface area contributed by atoms with Gasteiger partial charge in [0.2, 0.25) is 0 Å². The molecule has 0 saturated carbocycles. The van der Waals surface area contributed by atoms with Crippen molar-refractivity contribution >= 4 is 91.7 Å². The average Bonchev–Trinajstić information content (AvgIpc) is 2.65. The van der Waals surface area contributed by atoms with Crippen molar-refractivity contribution in [3.63, 3.8) is 0 Å². The van der Waals surface area contributed by atoms with E-state index >= 15 is 0 Å². The van der Waals surface area contributed by atoms with Crippen molar-refractivity contribution in [2.75, 3.05) is 0 Å². The van der Waals surface area contributed by atoms with Crippen LogP contribution in [-0.2, 0) is 53.7 Å². The number of benzene rings is 1. The molecule has 0 fully saturated rings. The first kappa shape index (κ1) is 37.4. The molecule has 10 heteroatoms. The van der Waals surface area contributed by atoms with Gasteiger partial charge in [-0.05, 0) is 48.5 Å². The van der Waals surface area contributed by atoms with Crippen LogP contribution in [0.2, 0.25) is 0 Å². The number of aliphatic imine (C=N–C) groups is 2. The fourth-order valence-electron chi connectivity index (χ4n) is 2.15. The summed E-state index contributed by atoms with van der Waals surface area (Å²) in [7, 11) is 0. The number of hydrogen-bond acceptors (Lipinski definition) is 4. The summed E-state index contributed by atoms with van der Waals surface area (Å²) in [5.41, 5.74) is 3.85. The van der Waals surface area contributed by atoms with Gasteiger partial charge in [-0.25, -0.2) is 0 Å². The molecule has 0 aliphatic heterocycles. The Hall–Kier alpha value is 0.105. The van der Waals surface area contributed by atoms with Crippen molar-refractivity contribution in [1.82, 2.24) is 9.97 Å². The molecule has 0 amide bonds. The normalized spacial score (nSPS) is 9.07. The summed E-state index contributed by atoms with van der Waals surface area (Å²) < 4.78 is 0. The van der Waals surface area contributed by atoms with Crippen LogP contribution in [0.25, 0.3) is 0 Å². The maximum absolute atomic E-state index is 4.44. The molecule has 3 aromatic rings. The Morgan fingerprint density at radius 2 is 0.933 bits per heavy atom. The zero-order chi connectivity index (χ0) is 16.5. The van der Waals surface area contributed by atoms with Crippen LogP contribution in [0, 0.1) is 0 Å². The van der Waals surface area contributed by atoms with Crippen LogP contribution in [0.3, 0.4) is 0 Å². The summed E-state index contributed by atoms with van der Waals surface area (Å²) in [6.07, 6.45) is 8.79. The van der Waals surface area contributed by atoms with Gasteiger partial charge in [-0.3, -0.25) is 20.0 Å². The Morgan fingerprint density at radius 3 is 1.23 bits per heavy atom. The number of rotatable bonds is 6. The van der Waals surface area contributed by atoms with E-state index in [9.17, 15) is 0 Å². The van der Waals surface area contributed by atoms with E-state index in [-0.39, 0.29) is 109 Å². The molecule has 0 aliphatic carbocycles. The summed E-state index contributed by atoms with van der Waals surface area (Å²) >= 11 is 0. The zero-order valence-electron chi connectivity index (χ0n) is 15.6. The number of hydrogen-bond donors (Lipinski definition) is 0. The van der Waals surface area contributed by atoms with Crippen LogP contribution >= 0.6 is 67.9 Å². The minimum absolute atomic E-state index is 0. The monoisotopic (exact) mass is 846 g/mol. The largest absolute Gasteiger partial charge is 0.261 e. The van der Waals surface area contributed by atoms with Gasteiger partial charge in [0.1, 0.15) is 0 Å². The second-order valence-electron chi connectivity index (χ2n) is 5.19. The van der Waals surface area contributed by atoms with E-state index in [1.807, 2.05) is 73.1 Å². The zero-order valence-corrected chi connectivity index (χ0v) is 25.5. The van der Waals surface area contributed by atoms with E-state index in [1.165, 1.54) is 0 Å². The van der Waals surface area contributed by atoms with Gasteiger partial charge in [0, 0.05) is 89.9 Å². The third kappa shape index (κ3) is 14.2. The van der Waals surface area contributed by atoms with Crippen molar-refractivity contribution in [2.45, 2.75) is 12.8 Å². The van der Waals surface area contributed by atoms with Crippen molar-refractivity contribution < 1.29 is 40.8 Å². The summed E-state index contributed by atoms with van der Waals surface area (Å²) in [5.74, 6) is 0. The van der Waals surface area contributed by atoms with Crippen LogP contribution in [0.4, 0.5) is 11.4 Å². The van der Waals surface area contributed by atoms with Gasteiger partial charge in [-0.2, -0.15) is 0 Å². The fraction of sp³-hybridized carbons (Fsp3) is 0.100. The van der Waals surface area contributed by atoms with E-state index < -0.39 is 0 Å². The SMILES string of the molecule is Br.Br.Br.Br.C(Cc1ccccn1)=Nc1ccc(N=CCc2ccccn2)cc1.[Pd].[Pd]. The summed E-state index contributed by atoms with van der Waals surface area (Å²) in [6, 6.07) is 19.6. The van der Waals surface area contributed by atoms with Gasteiger partial charge in [-0.1, -0.05) is 12.1 Å². The van der Waals surface area contributed by atoms with Gasteiger partial charge in [0.25, 0.3) is 0 Å². The molecule has 1 aromatic carbocycles. The molecule has 0 radical (unpaired) electrons. The van der Waals surface area contributed by atoms with Crippen molar-refractivity contribution in [3.8, 4) is 0 Å². The Morgan fingerprint density at radius 1 is 0.567 bits per heavy atom. The van der Waals surface area contributed by atoms with Gasteiger partial charge < -0.3 is 0 Å². The summed E-state index contributed by atoms with van der Waals surface area (Å²) in [4.78, 5) is 17.4. The van der Waals surface area contributed by atoms with Crippen LogP contribution in [0.1, 0.15) is 11.4 Å². The molecule has 0 atom stereocenters. The van der Waals surface area contributed by atoms with Crippen molar-refractivity contribution in [3.05, 3.63) is 84.4 Å². The Balaban J connectivity index is -0.000000563. The standard InChI is InChI=1S/C20H18N4.4BrH.2Pd/c1-3-13-21-17(5-1)11-15-23-19-7-9-20(10-8-19)24-16-12-18-6-2-4-14-22-18;;;;;;/h1-10,13-16H,11-12H2;4*1H;;. The molecular formula is C20H22Br4N4Pd2. The summed E-state index contributed by atoms with van der Waals surface area (Å²) in [5, 5.41) is 0. The maximum Gasteiger partial charge on any atom is 0.0627 e. The van der Waals surface area contributed by atoms with E-state index in [2.05, 4.69) is 20.0 Å². The third-order valence-corrected chi connectivity index (χ3v) is 3.38. The minimum Gasteiger partial charge on any atom is -0.261 e. The van der Waals surface area contributed by atoms with Gasteiger partial charge in [0.05, 0.1) is 11.4 Å². The van der Waals surface area contributed by atoms with E-state index in [0.717, 1.165) is 35.6 Å².